The minimum atomic E-state index is -0.144. The van der Waals surface area contributed by atoms with E-state index in [0.29, 0.717) is 17.4 Å². The molecule has 3 nitrogen and oxygen atoms in total. The fourth-order valence-electron chi connectivity index (χ4n) is 2.47. The first-order valence-electron chi connectivity index (χ1n) is 7.99. The fraction of sp³-hybridized carbons (Fsp3) is 0.0952. The lowest BCUT2D eigenvalue weighted by Crippen LogP contribution is -2.04. The number of rotatable bonds is 6. The van der Waals surface area contributed by atoms with Gasteiger partial charge in [0.1, 0.15) is 18.1 Å². The van der Waals surface area contributed by atoms with Crippen molar-refractivity contribution in [2.45, 2.75) is 13.0 Å². The number of benzene rings is 3. The standard InChI is InChI=1S/C21H16BrClO3/c22-16-5-1-14(2-6-16)11-20(24)19-10-9-18(12-21(19)25)26-13-15-3-7-17(23)8-4-15/h1-10,12,25H,11,13H2. The number of aromatic hydroxyl groups is 1. The second-order valence-electron chi connectivity index (χ2n) is 5.82. The summed E-state index contributed by atoms with van der Waals surface area (Å²) in [5.74, 6) is 0.271. The molecule has 0 saturated carbocycles. The van der Waals surface area contributed by atoms with Gasteiger partial charge in [-0.2, -0.15) is 0 Å². The Bertz CT molecular complexity index is 906. The van der Waals surface area contributed by atoms with Crippen LogP contribution in [0.4, 0.5) is 0 Å². The van der Waals surface area contributed by atoms with Crippen LogP contribution in [0.5, 0.6) is 11.5 Å². The molecule has 0 aromatic heterocycles. The van der Waals surface area contributed by atoms with Crippen molar-refractivity contribution in [2.75, 3.05) is 0 Å². The Morgan fingerprint density at radius 2 is 1.62 bits per heavy atom. The molecule has 0 aliphatic heterocycles. The predicted molar refractivity (Wildman–Crippen MR) is 106 cm³/mol. The van der Waals surface area contributed by atoms with Gasteiger partial charge in [-0.15, -0.1) is 0 Å². The van der Waals surface area contributed by atoms with Gasteiger partial charge in [0.05, 0.1) is 5.56 Å². The van der Waals surface area contributed by atoms with Gasteiger partial charge in [-0.25, -0.2) is 0 Å². The van der Waals surface area contributed by atoms with Gasteiger partial charge in [0.15, 0.2) is 5.78 Å². The second kappa shape index (κ2) is 8.39. The molecule has 3 aromatic rings. The van der Waals surface area contributed by atoms with Crippen LogP contribution in [0.25, 0.3) is 0 Å². The monoisotopic (exact) mass is 430 g/mol. The third-order valence-electron chi connectivity index (χ3n) is 3.87. The summed E-state index contributed by atoms with van der Waals surface area (Å²) in [7, 11) is 0. The Morgan fingerprint density at radius 3 is 2.27 bits per heavy atom. The van der Waals surface area contributed by atoms with Crippen molar-refractivity contribution in [1.82, 2.24) is 0 Å². The highest BCUT2D eigenvalue weighted by Gasteiger charge is 2.13. The van der Waals surface area contributed by atoms with E-state index in [2.05, 4.69) is 15.9 Å². The molecular formula is C21H16BrClO3. The summed E-state index contributed by atoms with van der Waals surface area (Å²) in [6, 6.07) is 19.6. The van der Waals surface area contributed by atoms with Gasteiger partial charge < -0.3 is 9.84 Å². The molecule has 0 bridgehead atoms. The molecule has 5 heteroatoms. The summed E-state index contributed by atoms with van der Waals surface area (Å²) in [5, 5.41) is 10.9. The Kier molecular flexibility index (Phi) is 5.96. The number of phenols is 1. The number of hydrogen-bond donors (Lipinski definition) is 1. The van der Waals surface area contributed by atoms with Gasteiger partial charge in [-0.1, -0.05) is 51.8 Å². The topological polar surface area (TPSA) is 46.5 Å². The van der Waals surface area contributed by atoms with Crippen LogP contribution in [0.1, 0.15) is 21.5 Å². The molecule has 0 unspecified atom stereocenters. The lowest BCUT2D eigenvalue weighted by molar-refractivity contribution is 0.0990. The molecule has 3 aromatic carbocycles. The summed E-state index contributed by atoms with van der Waals surface area (Å²) >= 11 is 9.22. The first-order valence-corrected chi connectivity index (χ1v) is 9.16. The van der Waals surface area contributed by atoms with Gasteiger partial charge in [0, 0.05) is 22.0 Å². The summed E-state index contributed by atoms with van der Waals surface area (Å²) in [5.41, 5.74) is 2.14. The van der Waals surface area contributed by atoms with Crippen molar-refractivity contribution >= 4 is 33.3 Å². The van der Waals surface area contributed by atoms with Crippen LogP contribution in [0, 0.1) is 0 Å². The lowest BCUT2D eigenvalue weighted by Gasteiger charge is -2.09. The maximum absolute atomic E-state index is 12.4. The molecule has 0 atom stereocenters. The number of halogens is 2. The molecule has 0 heterocycles. The van der Waals surface area contributed by atoms with E-state index in [1.54, 1.807) is 24.3 Å². The summed E-state index contributed by atoms with van der Waals surface area (Å²) < 4.78 is 6.62. The van der Waals surface area contributed by atoms with Crippen molar-refractivity contribution in [3.05, 3.63) is 92.9 Å². The highest BCUT2D eigenvalue weighted by molar-refractivity contribution is 9.10. The number of ketones is 1. The first kappa shape index (κ1) is 18.5. The molecule has 1 N–H and O–H groups in total. The summed E-state index contributed by atoms with van der Waals surface area (Å²) in [6.07, 6.45) is 0.228. The summed E-state index contributed by atoms with van der Waals surface area (Å²) in [4.78, 5) is 12.4. The van der Waals surface area contributed by atoms with Gasteiger partial charge in [-0.05, 0) is 47.5 Å². The van der Waals surface area contributed by atoms with E-state index in [1.807, 2.05) is 36.4 Å². The SMILES string of the molecule is O=C(Cc1ccc(Br)cc1)c1ccc(OCc2ccc(Cl)cc2)cc1O. The van der Waals surface area contributed by atoms with Crippen molar-refractivity contribution < 1.29 is 14.6 Å². The van der Waals surface area contributed by atoms with Gasteiger partial charge >= 0.3 is 0 Å². The minimum Gasteiger partial charge on any atom is -0.507 e. The van der Waals surface area contributed by atoms with Crippen LogP contribution in [0.15, 0.2) is 71.2 Å². The predicted octanol–water partition coefficient (Wildman–Crippen LogP) is 5.81. The van der Waals surface area contributed by atoms with E-state index < -0.39 is 0 Å². The molecule has 132 valence electrons. The molecule has 0 spiro atoms. The zero-order valence-corrected chi connectivity index (χ0v) is 16.1. The van der Waals surface area contributed by atoms with Crippen LogP contribution in [0.2, 0.25) is 5.02 Å². The molecule has 0 saturated heterocycles. The van der Waals surface area contributed by atoms with E-state index in [9.17, 15) is 9.90 Å². The van der Waals surface area contributed by atoms with E-state index in [1.165, 1.54) is 6.07 Å². The fourth-order valence-corrected chi connectivity index (χ4v) is 2.86. The molecule has 0 fully saturated rings. The molecule has 3 rings (SSSR count). The van der Waals surface area contributed by atoms with E-state index in [0.717, 1.165) is 15.6 Å². The Balaban J connectivity index is 1.65. The Hall–Kier alpha value is -2.30. The zero-order valence-electron chi connectivity index (χ0n) is 13.8. The number of hydrogen-bond acceptors (Lipinski definition) is 3. The van der Waals surface area contributed by atoms with Gasteiger partial charge in [0.2, 0.25) is 0 Å². The smallest absolute Gasteiger partial charge is 0.170 e. The van der Waals surface area contributed by atoms with Crippen LogP contribution >= 0.6 is 27.5 Å². The van der Waals surface area contributed by atoms with Crippen molar-refractivity contribution in [3.8, 4) is 11.5 Å². The number of carbonyl (C=O) groups excluding carboxylic acids is 1. The molecule has 0 amide bonds. The third-order valence-corrected chi connectivity index (χ3v) is 4.65. The molecule has 0 radical (unpaired) electrons. The van der Waals surface area contributed by atoms with Crippen LogP contribution in [-0.4, -0.2) is 10.9 Å². The minimum absolute atomic E-state index is 0.0827. The van der Waals surface area contributed by atoms with E-state index in [-0.39, 0.29) is 23.5 Å². The molecule has 0 aliphatic rings. The van der Waals surface area contributed by atoms with Crippen LogP contribution in [0.3, 0.4) is 0 Å². The largest absolute Gasteiger partial charge is 0.507 e. The Labute approximate surface area is 165 Å². The number of phenolic OH excluding ortho intramolecular Hbond substituents is 1. The highest BCUT2D eigenvalue weighted by Crippen LogP contribution is 2.26. The van der Waals surface area contributed by atoms with Crippen LogP contribution in [-0.2, 0) is 13.0 Å². The molecule has 0 aliphatic carbocycles. The summed E-state index contributed by atoms with van der Waals surface area (Å²) in [6.45, 7) is 0.350. The van der Waals surface area contributed by atoms with Crippen molar-refractivity contribution in [1.29, 1.82) is 0 Å². The quantitative estimate of drug-likeness (QED) is 0.501. The first-order chi connectivity index (χ1) is 12.5. The third kappa shape index (κ3) is 4.87. The maximum Gasteiger partial charge on any atom is 0.170 e. The van der Waals surface area contributed by atoms with Gasteiger partial charge in [0.25, 0.3) is 0 Å². The lowest BCUT2D eigenvalue weighted by atomic mass is 10.0. The molecular weight excluding hydrogens is 416 g/mol. The molecule has 26 heavy (non-hydrogen) atoms. The van der Waals surface area contributed by atoms with E-state index >= 15 is 0 Å². The number of carbonyl (C=O) groups is 1. The maximum atomic E-state index is 12.4. The zero-order chi connectivity index (χ0) is 18.5. The van der Waals surface area contributed by atoms with Gasteiger partial charge in [-0.3, -0.25) is 4.79 Å². The Morgan fingerprint density at radius 1 is 0.962 bits per heavy atom. The van der Waals surface area contributed by atoms with E-state index in [4.69, 9.17) is 16.3 Å². The average Bonchev–Trinajstić information content (AvgIpc) is 2.63. The van der Waals surface area contributed by atoms with Crippen LogP contribution < -0.4 is 4.74 Å². The highest BCUT2D eigenvalue weighted by atomic mass is 79.9. The number of ether oxygens (including phenoxy) is 1. The normalized spacial score (nSPS) is 10.5. The van der Waals surface area contributed by atoms with Crippen molar-refractivity contribution in [2.24, 2.45) is 0 Å². The second-order valence-corrected chi connectivity index (χ2v) is 7.17. The number of Topliss-reactive ketones (excluding diaryl/α,β-unsaturated/α-hetero) is 1. The average molecular weight is 432 g/mol. The van der Waals surface area contributed by atoms with Crippen molar-refractivity contribution in [3.63, 3.8) is 0 Å².